The molecule has 1 amide bonds. The molecule has 1 aliphatic heterocycles. The molecule has 4 heteroatoms. The quantitative estimate of drug-likeness (QED) is 0.496. The van der Waals surface area contributed by atoms with Crippen LogP contribution < -0.4 is 14.8 Å². The third-order valence-corrected chi connectivity index (χ3v) is 5.52. The number of fused-ring (bicyclic) bond motifs is 2. The Kier molecular flexibility index (Phi) is 4.60. The van der Waals surface area contributed by atoms with E-state index in [4.69, 9.17) is 9.47 Å². The number of carbonyl (C=O) groups is 1. The second kappa shape index (κ2) is 7.56. The van der Waals surface area contributed by atoms with Gasteiger partial charge in [0.1, 0.15) is 18.1 Å². The molecule has 0 aliphatic carbocycles. The highest BCUT2D eigenvalue weighted by atomic mass is 16.5. The number of hydrogen-bond donors (Lipinski definition) is 1. The predicted octanol–water partition coefficient (Wildman–Crippen LogP) is 5.34. The lowest BCUT2D eigenvalue weighted by atomic mass is 9.90. The Balaban J connectivity index is 1.62. The van der Waals surface area contributed by atoms with Crippen LogP contribution in [0, 0.1) is 0 Å². The van der Waals surface area contributed by atoms with Crippen molar-refractivity contribution >= 4 is 16.7 Å². The zero-order valence-corrected chi connectivity index (χ0v) is 16.6. The SMILES string of the molecule is COc1ccc(-c2c3c(cc4ccc(OCc5ccccc5)cc24)C(=O)NC3)cc1. The van der Waals surface area contributed by atoms with Gasteiger partial charge in [-0.15, -0.1) is 0 Å². The summed E-state index contributed by atoms with van der Waals surface area (Å²) >= 11 is 0. The first-order chi connectivity index (χ1) is 14.7. The maximum atomic E-state index is 12.4. The van der Waals surface area contributed by atoms with Crippen molar-refractivity contribution < 1.29 is 14.3 Å². The van der Waals surface area contributed by atoms with Gasteiger partial charge in [-0.1, -0.05) is 48.5 Å². The number of methoxy groups -OCH3 is 1. The van der Waals surface area contributed by atoms with Crippen LogP contribution in [-0.2, 0) is 13.2 Å². The van der Waals surface area contributed by atoms with Gasteiger partial charge in [0.15, 0.2) is 0 Å². The summed E-state index contributed by atoms with van der Waals surface area (Å²) in [5.41, 5.74) is 5.00. The van der Waals surface area contributed by atoms with E-state index in [0.717, 1.165) is 50.1 Å². The zero-order valence-electron chi connectivity index (χ0n) is 16.6. The Labute approximate surface area is 175 Å². The molecule has 30 heavy (non-hydrogen) atoms. The van der Waals surface area contributed by atoms with Crippen molar-refractivity contribution in [1.29, 1.82) is 0 Å². The summed E-state index contributed by atoms with van der Waals surface area (Å²) in [6.07, 6.45) is 0. The predicted molar refractivity (Wildman–Crippen MR) is 118 cm³/mol. The van der Waals surface area contributed by atoms with E-state index in [1.165, 1.54) is 0 Å². The fraction of sp³-hybridized carbons (Fsp3) is 0.115. The molecule has 0 aromatic heterocycles. The molecule has 0 bridgehead atoms. The van der Waals surface area contributed by atoms with Gasteiger partial charge in [0.2, 0.25) is 0 Å². The fourth-order valence-electron chi connectivity index (χ4n) is 3.99. The molecule has 4 aromatic carbocycles. The fourth-order valence-corrected chi connectivity index (χ4v) is 3.99. The highest BCUT2D eigenvalue weighted by Gasteiger charge is 2.25. The second-order valence-electron chi connectivity index (χ2n) is 7.35. The Morgan fingerprint density at radius 3 is 2.43 bits per heavy atom. The van der Waals surface area contributed by atoms with Crippen LogP contribution in [0.4, 0.5) is 0 Å². The van der Waals surface area contributed by atoms with E-state index in [9.17, 15) is 4.79 Å². The monoisotopic (exact) mass is 395 g/mol. The van der Waals surface area contributed by atoms with Crippen LogP contribution in [0.25, 0.3) is 21.9 Å². The average Bonchev–Trinajstić information content (AvgIpc) is 3.17. The lowest BCUT2D eigenvalue weighted by Crippen LogP contribution is -2.12. The minimum atomic E-state index is -0.0222. The summed E-state index contributed by atoms with van der Waals surface area (Å²) in [5.74, 6) is 1.58. The van der Waals surface area contributed by atoms with Crippen molar-refractivity contribution in [1.82, 2.24) is 5.32 Å². The van der Waals surface area contributed by atoms with Crippen LogP contribution in [0.3, 0.4) is 0 Å². The molecular weight excluding hydrogens is 374 g/mol. The van der Waals surface area contributed by atoms with Gasteiger partial charge in [-0.3, -0.25) is 4.79 Å². The largest absolute Gasteiger partial charge is 0.497 e. The smallest absolute Gasteiger partial charge is 0.251 e. The van der Waals surface area contributed by atoms with Gasteiger partial charge < -0.3 is 14.8 Å². The topological polar surface area (TPSA) is 47.6 Å². The van der Waals surface area contributed by atoms with Crippen LogP contribution >= 0.6 is 0 Å². The Morgan fingerprint density at radius 2 is 1.67 bits per heavy atom. The summed E-state index contributed by atoms with van der Waals surface area (Å²) in [6.45, 7) is 1.04. The molecule has 4 nitrogen and oxygen atoms in total. The maximum Gasteiger partial charge on any atom is 0.251 e. The van der Waals surface area contributed by atoms with Crippen molar-refractivity contribution in [3.05, 3.63) is 95.6 Å². The molecule has 0 atom stereocenters. The van der Waals surface area contributed by atoms with E-state index in [1.54, 1.807) is 7.11 Å². The zero-order chi connectivity index (χ0) is 20.5. The Bertz CT molecular complexity index is 1230. The van der Waals surface area contributed by atoms with E-state index < -0.39 is 0 Å². The van der Waals surface area contributed by atoms with Gasteiger partial charge in [0, 0.05) is 12.1 Å². The van der Waals surface area contributed by atoms with Crippen molar-refractivity contribution in [3.63, 3.8) is 0 Å². The Morgan fingerprint density at radius 1 is 0.900 bits per heavy atom. The number of carbonyl (C=O) groups excluding carboxylic acids is 1. The van der Waals surface area contributed by atoms with E-state index >= 15 is 0 Å². The number of benzene rings is 4. The minimum Gasteiger partial charge on any atom is -0.497 e. The van der Waals surface area contributed by atoms with Crippen LogP contribution in [0.5, 0.6) is 11.5 Å². The summed E-state index contributed by atoms with van der Waals surface area (Å²) in [5, 5.41) is 5.05. The standard InChI is InChI=1S/C26H21NO3/c1-29-20-10-7-18(8-11-20)25-22-14-21(30-16-17-5-3-2-4-6-17)12-9-19(22)13-23-24(25)15-27-26(23)28/h2-14H,15-16H2,1H3,(H,27,28). The first kappa shape index (κ1) is 18.3. The molecule has 1 aliphatic rings. The van der Waals surface area contributed by atoms with Gasteiger partial charge in [-0.25, -0.2) is 0 Å². The van der Waals surface area contributed by atoms with Crippen LogP contribution in [-0.4, -0.2) is 13.0 Å². The lowest BCUT2D eigenvalue weighted by Gasteiger charge is -2.14. The molecule has 0 radical (unpaired) electrons. The third kappa shape index (κ3) is 3.26. The number of rotatable bonds is 5. The van der Waals surface area contributed by atoms with Gasteiger partial charge in [0.25, 0.3) is 5.91 Å². The number of ether oxygens (including phenoxy) is 2. The van der Waals surface area contributed by atoms with E-state index in [1.807, 2.05) is 72.8 Å². The normalized spacial score (nSPS) is 12.5. The number of amides is 1. The summed E-state index contributed by atoms with van der Waals surface area (Å²) in [4.78, 5) is 12.4. The lowest BCUT2D eigenvalue weighted by molar-refractivity contribution is 0.0966. The van der Waals surface area contributed by atoms with Gasteiger partial charge >= 0.3 is 0 Å². The molecule has 1 N–H and O–H groups in total. The van der Waals surface area contributed by atoms with Gasteiger partial charge in [-0.2, -0.15) is 0 Å². The summed E-state index contributed by atoms with van der Waals surface area (Å²) in [7, 11) is 1.66. The molecular formula is C26H21NO3. The third-order valence-electron chi connectivity index (χ3n) is 5.52. The van der Waals surface area contributed by atoms with E-state index in [2.05, 4.69) is 11.4 Å². The molecule has 0 spiro atoms. The molecule has 5 rings (SSSR count). The van der Waals surface area contributed by atoms with Crippen LogP contribution in [0.15, 0.2) is 78.9 Å². The summed E-state index contributed by atoms with van der Waals surface area (Å²) < 4.78 is 11.4. The first-order valence-corrected chi connectivity index (χ1v) is 9.92. The van der Waals surface area contributed by atoms with Gasteiger partial charge in [0.05, 0.1) is 7.11 Å². The summed E-state index contributed by atoms with van der Waals surface area (Å²) in [6, 6.07) is 26.1. The number of hydrogen-bond acceptors (Lipinski definition) is 3. The van der Waals surface area contributed by atoms with Crippen molar-refractivity contribution in [3.8, 4) is 22.6 Å². The minimum absolute atomic E-state index is 0.0222. The molecule has 1 heterocycles. The highest BCUT2D eigenvalue weighted by molar-refractivity contribution is 6.09. The molecule has 0 unspecified atom stereocenters. The van der Waals surface area contributed by atoms with Crippen molar-refractivity contribution in [2.45, 2.75) is 13.2 Å². The second-order valence-corrected chi connectivity index (χ2v) is 7.35. The first-order valence-electron chi connectivity index (χ1n) is 9.92. The van der Waals surface area contributed by atoms with E-state index in [-0.39, 0.29) is 5.91 Å². The Hall–Kier alpha value is -3.79. The number of nitrogens with one attached hydrogen (secondary N) is 1. The van der Waals surface area contributed by atoms with Gasteiger partial charge in [-0.05, 0) is 63.4 Å². The molecule has 148 valence electrons. The maximum absolute atomic E-state index is 12.4. The highest BCUT2D eigenvalue weighted by Crippen LogP contribution is 2.38. The van der Waals surface area contributed by atoms with Crippen molar-refractivity contribution in [2.75, 3.05) is 7.11 Å². The van der Waals surface area contributed by atoms with E-state index in [0.29, 0.717) is 13.2 Å². The molecule has 0 saturated heterocycles. The molecule has 0 saturated carbocycles. The van der Waals surface area contributed by atoms with Crippen LogP contribution in [0.1, 0.15) is 21.5 Å². The average molecular weight is 395 g/mol. The molecule has 4 aromatic rings. The van der Waals surface area contributed by atoms with Crippen LogP contribution in [0.2, 0.25) is 0 Å². The molecule has 0 fully saturated rings. The van der Waals surface area contributed by atoms with Crippen molar-refractivity contribution in [2.24, 2.45) is 0 Å².